The summed E-state index contributed by atoms with van der Waals surface area (Å²) in [7, 11) is 1.64. The van der Waals surface area contributed by atoms with Gasteiger partial charge in [0.1, 0.15) is 11.6 Å². The first-order valence-corrected chi connectivity index (χ1v) is 8.50. The number of carbonyl (C=O) groups excluding carboxylic acids is 1. The minimum Gasteiger partial charge on any atom is -0.496 e. The van der Waals surface area contributed by atoms with Crippen molar-refractivity contribution >= 4 is 6.03 Å². The summed E-state index contributed by atoms with van der Waals surface area (Å²) in [6.45, 7) is 2.70. The lowest BCUT2D eigenvalue weighted by molar-refractivity contribution is 0.191. The summed E-state index contributed by atoms with van der Waals surface area (Å²) in [5, 5.41) is 2.95. The normalized spacial score (nSPS) is 13.4. The number of aryl methyl sites for hydroxylation is 1. The molecule has 0 aliphatic heterocycles. The van der Waals surface area contributed by atoms with Crippen molar-refractivity contribution in [2.45, 2.75) is 38.9 Å². The zero-order chi connectivity index (χ0) is 17.8. The van der Waals surface area contributed by atoms with Gasteiger partial charge in [-0.1, -0.05) is 30.3 Å². The van der Waals surface area contributed by atoms with Crippen molar-refractivity contribution in [2.24, 2.45) is 0 Å². The van der Waals surface area contributed by atoms with Crippen LogP contribution in [0.3, 0.4) is 0 Å². The van der Waals surface area contributed by atoms with Crippen molar-refractivity contribution in [3.05, 3.63) is 65.0 Å². The third-order valence-corrected chi connectivity index (χ3v) is 4.45. The number of urea groups is 1. The van der Waals surface area contributed by atoms with Gasteiger partial charge in [-0.15, -0.1) is 0 Å². The van der Waals surface area contributed by atoms with Crippen LogP contribution in [-0.2, 0) is 13.1 Å². The molecule has 0 unspecified atom stereocenters. The summed E-state index contributed by atoms with van der Waals surface area (Å²) < 4.78 is 19.1. The molecule has 3 rings (SSSR count). The fourth-order valence-electron chi connectivity index (χ4n) is 2.89. The molecule has 1 aliphatic carbocycles. The van der Waals surface area contributed by atoms with Gasteiger partial charge in [-0.25, -0.2) is 9.18 Å². The van der Waals surface area contributed by atoms with Crippen LogP contribution in [0.1, 0.15) is 29.5 Å². The van der Waals surface area contributed by atoms with Crippen molar-refractivity contribution in [1.29, 1.82) is 0 Å². The number of hydrogen-bond acceptors (Lipinski definition) is 2. The highest BCUT2D eigenvalue weighted by atomic mass is 19.1. The molecule has 0 atom stereocenters. The average molecular weight is 342 g/mol. The summed E-state index contributed by atoms with van der Waals surface area (Å²) >= 11 is 0. The van der Waals surface area contributed by atoms with E-state index in [0.29, 0.717) is 18.7 Å². The summed E-state index contributed by atoms with van der Waals surface area (Å²) in [5.41, 5.74) is 2.58. The Hall–Kier alpha value is -2.56. The van der Waals surface area contributed by atoms with E-state index in [1.165, 1.54) is 6.07 Å². The lowest BCUT2D eigenvalue weighted by Gasteiger charge is -2.23. The van der Waals surface area contributed by atoms with Gasteiger partial charge in [-0.2, -0.15) is 0 Å². The number of halogens is 1. The molecule has 2 aromatic rings. The van der Waals surface area contributed by atoms with Crippen LogP contribution in [0.25, 0.3) is 0 Å². The predicted molar refractivity (Wildman–Crippen MR) is 94.9 cm³/mol. The van der Waals surface area contributed by atoms with Crippen molar-refractivity contribution in [2.75, 3.05) is 7.11 Å². The molecule has 5 heteroatoms. The Morgan fingerprint density at radius 3 is 2.68 bits per heavy atom. The van der Waals surface area contributed by atoms with Gasteiger partial charge in [-0.3, -0.25) is 0 Å². The number of carbonyl (C=O) groups is 1. The van der Waals surface area contributed by atoms with E-state index in [2.05, 4.69) is 5.32 Å². The van der Waals surface area contributed by atoms with E-state index in [1.54, 1.807) is 30.2 Å². The Kier molecular flexibility index (Phi) is 5.22. The maximum absolute atomic E-state index is 13.9. The summed E-state index contributed by atoms with van der Waals surface area (Å²) in [6, 6.07) is 12.5. The lowest BCUT2D eigenvalue weighted by atomic mass is 10.1. The molecule has 2 aromatic carbocycles. The second kappa shape index (κ2) is 7.55. The van der Waals surface area contributed by atoms with Crippen molar-refractivity contribution in [3.8, 4) is 5.75 Å². The molecular weight excluding hydrogens is 319 g/mol. The topological polar surface area (TPSA) is 41.6 Å². The molecule has 25 heavy (non-hydrogen) atoms. The van der Waals surface area contributed by atoms with Crippen LogP contribution in [0.15, 0.2) is 42.5 Å². The van der Waals surface area contributed by atoms with E-state index in [-0.39, 0.29) is 17.9 Å². The predicted octanol–water partition coefficient (Wildman–Crippen LogP) is 4.02. The van der Waals surface area contributed by atoms with E-state index in [9.17, 15) is 9.18 Å². The molecule has 132 valence electrons. The number of benzene rings is 2. The zero-order valence-electron chi connectivity index (χ0n) is 14.6. The monoisotopic (exact) mass is 342 g/mol. The molecule has 0 spiro atoms. The Bertz CT molecular complexity index is 759. The van der Waals surface area contributed by atoms with Crippen molar-refractivity contribution in [1.82, 2.24) is 10.2 Å². The third kappa shape index (κ3) is 4.29. The number of ether oxygens (including phenoxy) is 1. The van der Waals surface area contributed by atoms with Gasteiger partial charge >= 0.3 is 6.03 Å². The number of amides is 2. The van der Waals surface area contributed by atoms with Gasteiger partial charge in [0.15, 0.2) is 0 Å². The average Bonchev–Trinajstić information content (AvgIpc) is 3.44. The van der Waals surface area contributed by atoms with E-state index in [4.69, 9.17) is 4.74 Å². The highest BCUT2D eigenvalue weighted by Gasteiger charge is 2.32. The minimum atomic E-state index is -0.272. The minimum absolute atomic E-state index is 0.153. The van der Waals surface area contributed by atoms with E-state index in [1.807, 2.05) is 25.1 Å². The molecule has 0 heterocycles. The molecule has 1 fully saturated rings. The molecule has 1 saturated carbocycles. The van der Waals surface area contributed by atoms with Crippen LogP contribution in [-0.4, -0.2) is 24.1 Å². The van der Waals surface area contributed by atoms with Crippen LogP contribution >= 0.6 is 0 Å². The van der Waals surface area contributed by atoms with Crippen LogP contribution < -0.4 is 10.1 Å². The number of hydrogen-bond donors (Lipinski definition) is 1. The van der Waals surface area contributed by atoms with E-state index >= 15 is 0 Å². The van der Waals surface area contributed by atoms with Crippen LogP contribution in [0, 0.1) is 12.7 Å². The summed E-state index contributed by atoms with van der Waals surface area (Å²) in [6.07, 6.45) is 1.95. The van der Waals surface area contributed by atoms with E-state index in [0.717, 1.165) is 29.7 Å². The lowest BCUT2D eigenvalue weighted by Crippen LogP contribution is -2.40. The van der Waals surface area contributed by atoms with Gasteiger partial charge in [0.05, 0.1) is 13.7 Å². The summed E-state index contributed by atoms with van der Waals surface area (Å²) in [5.74, 6) is 0.556. The first kappa shape index (κ1) is 17.3. The standard InChI is InChI=1S/C20H23FN2O2/c1-14-11-15(7-10-19(14)25-2)12-22-20(24)23(17-8-9-17)13-16-5-3-4-6-18(16)21/h3-7,10-11,17H,8-9,12-13H2,1-2H3,(H,22,24). The molecule has 4 nitrogen and oxygen atoms in total. The highest BCUT2D eigenvalue weighted by Crippen LogP contribution is 2.29. The second-order valence-electron chi connectivity index (χ2n) is 6.41. The molecular formula is C20H23FN2O2. The fraction of sp³-hybridized carbons (Fsp3) is 0.350. The second-order valence-corrected chi connectivity index (χ2v) is 6.41. The first-order valence-electron chi connectivity index (χ1n) is 8.50. The molecule has 0 bridgehead atoms. The van der Waals surface area contributed by atoms with Gasteiger partial charge < -0.3 is 15.0 Å². The molecule has 0 aromatic heterocycles. The molecule has 0 radical (unpaired) electrons. The van der Waals surface area contributed by atoms with E-state index < -0.39 is 0 Å². The van der Waals surface area contributed by atoms with Gasteiger partial charge in [0.2, 0.25) is 0 Å². The largest absolute Gasteiger partial charge is 0.496 e. The smallest absolute Gasteiger partial charge is 0.318 e. The van der Waals surface area contributed by atoms with Crippen LogP contribution in [0.4, 0.5) is 9.18 Å². The number of methoxy groups -OCH3 is 1. The first-order chi connectivity index (χ1) is 12.1. The molecule has 0 saturated heterocycles. The van der Waals surface area contributed by atoms with Crippen molar-refractivity contribution in [3.63, 3.8) is 0 Å². The van der Waals surface area contributed by atoms with Crippen LogP contribution in [0.2, 0.25) is 0 Å². The molecule has 2 amide bonds. The maximum atomic E-state index is 13.9. The van der Waals surface area contributed by atoms with Crippen LogP contribution in [0.5, 0.6) is 5.75 Å². The maximum Gasteiger partial charge on any atom is 0.318 e. The Labute approximate surface area is 147 Å². The summed E-state index contributed by atoms with van der Waals surface area (Å²) in [4.78, 5) is 14.3. The quantitative estimate of drug-likeness (QED) is 0.861. The number of nitrogens with zero attached hydrogens (tertiary/aromatic N) is 1. The van der Waals surface area contributed by atoms with Gasteiger partial charge in [0, 0.05) is 18.2 Å². The zero-order valence-corrected chi connectivity index (χ0v) is 14.6. The molecule has 1 N–H and O–H groups in total. The van der Waals surface area contributed by atoms with Gasteiger partial charge in [-0.05, 0) is 43.0 Å². The highest BCUT2D eigenvalue weighted by molar-refractivity contribution is 5.75. The Morgan fingerprint density at radius 2 is 2.04 bits per heavy atom. The number of nitrogens with one attached hydrogen (secondary N) is 1. The van der Waals surface area contributed by atoms with Gasteiger partial charge in [0.25, 0.3) is 0 Å². The Balaban J connectivity index is 1.63. The fourth-order valence-corrected chi connectivity index (χ4v) is 2.89. The molecule has 1 aliphatic rings. The third-order valence-electron chi connectivity index (χ3n) is 4.45. The van der Waals surface area contributed by atoms with Crippen molar-refractivity contribution < 1.29 is 13.9 Å². The Morgan fingerprint density at radius 1 is 1.28 bits per heavy atom. The SMILES string of the molecule is COc1ccc(CNC(=O)N(Cc2ccccc2F)C2CC2)cc1C. The number of rotatable bonds is 6.